The van der Waals surface area contributed by atoms with Crippen molar-refractivity contribution in [2.45, 2.75) is 9.92 Å². The van der Waals surface area contributed by atoms with Crippen molar-refractivity contribution in [3.05, 3.63) is 35.6 Å². The molecule has 1 aliphatic heterocycles. The minimum absolute atomic E-state index is 0.645. The highest BCUT2D eigenvalue weighted by Gasteiger charge is 2.19. The number of nitrogen functional groups attached to an aromatic ring is 1. The van der Waals surface area contributed by atoms with Gasteiger partial charge in [0.25, 0.3) is 0 Å². The van der Waals surface area contributed by atoms with Gasteiger partial charge < -0.3 is 15.5 Å². The van der Waals surface area contributed by atoms with Gasteiger partial charge in [0.2, 0.25) is 0 Å². The predicted molar refractivity (Wildman–Crippen MR) is 91.7 cm³/mol. The number of halogens is 1. The maximum atomic E-state index is 6.30. The molecule has 0 unspecified atom stereocenters. The molecule has 1 saturated heterocycles. The Morgan fingerprint density at radius 3 is 2.45 bits per heavy atom. The Morgan fingerprint density at radius 2 is 1.77 bits per heavy atom. The summed E-state index contributed by atoms with van der Waals surface area (Å²) in [4.78, 5) is 14.3. The second-order valence-electron chi connectivity index (χ2n) is 5.26. The standard InChI is InChI=1S/C15H18ClN5S/c1-20-6-8-21(9-7-20)14-13(17)15(19-10-18-14)22-12-4-2-11(16)3-5-12/h2-5,10H,6-9,17H2,1H3. The van der Waals surface area contributed by atoms with Crippen LogP contribution in [0, 0.1) is 0 Å². The van der Waals surface area contributed by atoms with Crippen molar-refractivity contribution in [3.8, 4) is 0 Å². The third kappa shape index (κ3) is 3.45. The number of rotatable bonds is 3. The van der Waals surface area contributed by atoms with E-state index in [1.165, 1.54) is 11.8 Å². The molecule has 0 spiro atoms. The number of hydrogen-bond donors (Lipinski definition) is 1. The number of benzene rings is 1. The van der Waals surface area contributed by atoms with Crippen molar-refractivity contribution < 1.29 is 0 Å². The van der Waals surface area contributed by atoms with Gasteiger partial charge in [0.15, 0.2) is 5.82 Å². The maximum absolute atomic E-state index is 6.30. The quantitative estimate of drug-likeness (QED) is 0.870. The summed E-state index contributed by atoms with van der Waals surface area (Å²) in [6.07, 6.45) is 1.59. The van der Waals surface area contributed by atoms with Gasteiger partial charge in [0, 0.05) is 36.1 Å². The largest absolute Gasteiger partial charge is 0.394 e. The molecule has 0 bridgehead atoms. The highest BCUT2D eigenvalue weighted by molar-refractivity contribution is 7.99. The van der Waals surface area contributed by atoms with Crippen molar-refractivity contribution in [2.24, 2.45) is 0 Å². The average molecular weight is 336 g/mol. The van der Waals surface area contributed by atoms with E-state index in [-0.39, 0.29) is 0 Å². The van der Waals surface area contributed by atoms with Gasteiger partial charge in [0.1, 0.15) is 17.0 Å². The summed E-state index contributed by atoms with van der Waals surface area (Å²) in [5.41, 5.74) is 6.94. The first-order valence-electron chi connectivity index (χ1n) is 7.11. The summed E-state index contributed by atoms with van der Waals surface area (Å²) in [6, 6.07) is 7.65. The Labute approximate surface area is 139 Å². The molecular formula is C15H18ClN5S. The van der Waals surface area contributed by atoms with E-state index in [1.54, 1.807) is 6.33 Å². The normalized spacial score (nSPS) is 16.0. The third-order valence-electron chi connectivity index (χ3n) is 3.66. The minimum atomic E-state index is 0.645. The Morgan fingerprint density at radius 1 is 1.09 bits per heavy atom. The van der Waals surface area contributed by atoms with E-state index >= 15 is 0 Å². The lowest BCUT2D eigenvalue weighted by molar-refractivity contribution is 0.312. The number of anilines is 2. The molecule has 22 heavy (non-hydrogen) atoms. The molecular weight excluding hydrogens is 318 g/mol. The number of likely N-dealkylation sites (N-methyl/N-ethyl adjacent to an activating group) is 1. The van der Waals surface area contributed by atoms with E-state index < -0.39 is 0 Å². The molecule has 7 heteroatoms. The van der Waals surface area contributed by atoms with Crippen LogP contribution in [-0.4, -0.2) is 48.1 Å². The summed E-state index contributed by atoms with van der Waals surface area (Å²) in [5, 5.41) is 1.50. The molecule has 5 nitrogen and oxygen atoms in total. The van der Waals surface area contributed by atoms with Crippen LogP contribution in [-0.2, 0) is 0 Å². The van der Waals surface area contributed by atoms with Gasteiger partial charge in [-0.05, 0) is 31.3 Å². The Kier molecular flexibility index (Phi) is 4.71. The van der Waals surface area contributed by atoms with Crippen LogP contribution in [0.2, 0.25) is 5.02 Å². The highest BCUT2D eigenvalue weighted by atomic mass is 35.5. The van der Waals surface area contributed by atoms with Crippen LogP contribution in [0.3, 0.4) is 0 Å². The zero-order valence-corrected chi connectivity index (χ0v) is 13.9. The van der Waals surface area contributed by atoms with Crippen LogP contribution in [0.4, 0.5) is 11.5 Å². The lowest BCUT2D eigenvalue weighted by Crippen LogP contribution is -2.45. The lowest BCUT2D eigenvalue weighted by atomic mass is 10.3. The second-order valence-corrected chi connectivity index (χ2v) is 6.76. The second kappa shape index (κ2) is 6.73. The van der Waals surface area contributed by atoms with E-state index in [1.807, 2.05) is 24.3 Å². The van der Waals surface area contributed by atoms with E-state index in [2.05, 4.69) is 26.8 Å². The Hall–Kier alpha value is -1.50. The fourth-order valence-corrected chi connectivity index (χ4v) is 3.26. The molecule has 0 saturated carbocycles. The summed E-state index contributed by atoms with van der Waals surface area (Å²) < 4.78 is 0. The van der Waals surface area contributed by atoms with Gasteiger partial charge in [-0.25, -0.2) is 9.97 Å². The van der Waals surface area contributed by atoms with Crippen molar-refractivity contribution in [2.75, 3.05) is 43.9 Å². The molecule has 116 valence electrons. The van der Waals surface area contributed by atoms with Gasteiger partial charge in [-0.2, -0.15) is 0 Å². The van der Waals surface area contributed by atoms with Gasteiger partial charge in [-0.1, -0.05) is 23.4 Å². The number of nitrogens with zero attached hydrogens (tertiary/aromatic N) is 4. The molecule has 1 fully saturated rings. The van der Waals surface area contributed by atoms with Crippen LogP contribution in [0.5, 0.6) is 0 Å². The molecule has 3 rings (SSSR count). The number of nitrogens with two attached hydrogens (primary N) is 1. The number of aromatic nitrogens is 2. The first-order chi connectivity index (χ1) is 10.6. The molecule has 0 amide bonds. The summed E-state index contributed by atoms with van der Waals surface area (Å²) >= 11 is 7.44. The molecule has 2 aromatic rings. The fraction of sp³-hybridized carbons (Fsp3) is 0.333. The van der Waals surface area contributed by atoms with E-state index in [0.29, 0.717) is 5.69 Å². The predicted octanol–water partition coefficient (Wildman–Crippen LogP) is 2.62. The van der Waals surface area contributed by atoms with E-state index in [9.17, 15) is 0 Å². The average Bonchev–Trinajstić information content (AvgIpc) is 2.53. The molecule has 1 aromatic heterocycles. The van der Waals surface area contributed by atoms with Crippen molar-refractivity contribution in [1.29, 1.82) is 0 Å². The van der Waals surface area contributed by atoms with Crippen LogP contribution in [0.25, 0.3) is 0 Å². The Bertz CT molecular complexity index is 641. The number of hydrogen-bond acceptors (Lipinski definition) is 6. The zero-order valence-electron chi connectivity index (χ0n) is 12.4. The SMILES string of the molecule is CN1CCN(c2ncnc(Sc3ccc(Cl)cc3)c2N)CC1. The smallest absolute Gasteiger partial charge is 0.156 e. The van der Waals surface area contributed by atoms with Crippen molar-refractivity contribution in [3.63, 3.8) is 0 Å². The molecule has 2 heterocycles. The summed E-state index contributed by atoms with van der Waals surface area (Å²) in [6.45, 7) is 3.90. The lowest BCUT2D eigenvalue weighted by Gasteiger charge is -2.33. The number of piperazine rings is 1. The van der Waals surface area contributed by atoms with Crippen LogP contribution in [0.1, 0.15) is 0 Å². The minimum Gasteiger partial charge on any atom is -0.394 e. The summed E-state index contributed by atoms with van der Waals surface area (Å²) in [5.74, 6) is 0.833. The summed E-state index contributed by atoms with van der Waals surface area (Å²) in [7, 11) is 2.13. The van der Waals surface area contributed by atoms with Crippen molar-refractivity contribution >= 4 is 34.9 Å². The third-order valence-corrected chi connectivity index (χ3v) is 4.94. The molecule has 2 N–H and O–H groups in total. The van der Waals surface area contributed by atoms with Crippen LogP contribution < -0.4 is 10.6 Å². The molecule has 1 aromatic carbocycles. The molecule has 0 atom stereocenters. The fourth-order valence-electron chi connectivity index (χ4n) is 2.34. The Balaban J connectivity index is 1.81. The first kappa shape index (κ1) is 15.4. The molecule has 0 radical (unpaired) electrons. The molecule has 1 aliphatic rings. The van der Waals surface area contributed by atoms with Crippen molar-refractivity contribution in [1.82, 2.24) is 14.9 Å². The molecule has 0 aliphatic carbocycles. The van der Waals surface area contributed by atoms with Gasteiger partial charge >= 0.3 is 0 Å². The van der Waals surface area contributed by atoms with Gasteiger partial charge in [0.05, 0.1) is 0 Å². The van der Waals surface area contributed by atoms with Crippen LogP contribution in [0.15, 0.2) is 40.5 Å². The van der Waals surface area contributed by atoms with E-state index in [4.69, 9.17) is 17.3 Å². The zero-order chi connectivity index (χ0) is 15.5. The maximum Gasteiger partial charge on any atom is 0.156 e. The highest BCUT2D eigenvalue weighted by Crippen LogP contribution is 2.34. The monoisotopic (exact) mass is 335 g/mol. The van der Waals surface area contributed by atoms with Crippen LogP contribution >= 0.6 is 23.4 Å². The van der Waals surface area contributed by atoms with E-state index in [0.717, 1.165) is 46.9 Å². The first-order valence-corrected chi connectivity index (χ1v) is 8.30. The van der Waals surface area contributed by atoms with Gasteiger partial charge in [-0.3, -0.25) is 0 Å². The van der Waals surface area contributed by atoms with Gasteiger partial charge in [-0.15, -0.1) is 0 Å². The topological polar surface area (TPSA) is 58.3 Å².